The van der Waals surface area contributed by atoms with Gasteiger partial charge in [-0.15, -0.1) is 0 Å². The lowest BCUT2D eigenvalue weighted by Crippen LogP contribution is -2.16. The lowest BCUT2D eigenvalue weighted by molar-refractivity contribution is 0.208. The molecular weight excluding hydrogens is 325 g/mol. The molecule has 6 nitrogen and oxygen atoms in total. The molecule has 0 spiro atoms. The Morgan fingerprint density at radius 2 is 1.40 bits per heavy atom. The zero-order chi connectivity index (χ0) is 15.0. The summed E-state index contributed by atoms with van der Waals surface area (Å²) in [5.41, 5.74) is 0. The number of aromatic nitrogens is 4. The van der Waals surface area contributed by atoms with Gasteiger partial charge in [0, 0.05) is 31.3 Å². The summed E-state index contributed by atoms with van der Waals surface area (Å²) in [7, 11) is 0. The highest BCUT2D eigenvalue weighted by Crippen LogP contribution is 2.13. The summed E-state index contributed by atoms with van der Waals surface area (Å²) in [6, 6.07) is 0. The Labute approximate surface area is 131 Å². The minimum atomic E-state index is -0.428. The lowest BCUT2D eigenvalue weighted by atomic mass is 10.4. The van der Waals surface area contributed by atoms with Gasteiger partial charge in [-0.1, -0.05) is 34.8 Å². The maximum Gasteiger partial charge on any atom is 0.171 e. The number of nitrogens with zero attached hydrogens (tertiary/aromatic N) is 4. The minimum Gasteiger partial charge on any atom is -0.392 e. The van der Waals surface area contributed by atoms with Crippen molar-refractivity contribution in [3.05, 3.63) is 40.2 Å². The summed E-state index contributed by atoms with van der Waals surface area (Å²) >= 11 is 16.5. The van der Waals surface area contributed by atoms with E-state index in [-0.39, 0.29) is 10.3 Å². The highest BCUT2D eigenvalue weighted by atomic mass is 35.5. The third-order valence-electron chi connectivity index (χ3n) is 1.83. The predicted octanol–water partition coefficient (Wildman–Crippen LogP) is 2.71. The molecule has 108 valence electrons. The van der Waals surface area contributed by atoms with Gasteiger partial charge in [0.15, 0.2) is 21.3 Å². The van der Waals surface area contributed by atoms with Crippen molar-refractivity contribution in [3.63, 3.8) is 0 Å². The van der Waals surface area contributed by atoms with Gasteiger partial charge in [-0.05, 0) is 6.92 Å². The minimum absolute atomic E-state index is 0.245. The first kappa shape index (κ1) is 16.8. The average Bonchev–Trinajstić information content (AvgIpc) is 2.42. The zero-order valence-electron chi connectivity index (χ0n) is 10.5. The standard InChI is InChI=1S/C7H10ClN3O.C4H2Cl2N2/c1-5(12)4-11-7-6(8)9-2-3-10-7;5-3-4(6)8-2-1-7-3/h2-3,5,12H,4H2,1H3,(H,10,11);1-2H. The summed E-state index contributed by atoms with van der Waals surface area (Å²) in [6.07, 6.45) is 5.58. The number of anilines is 1. The molecule has 0 aliphatic heterocycles. The Balaban J connectivity index is 0.000000217. The monoisotopic (exact) mass is 335 g/mol. The van der Waals surface area contributed by atoms with Gasteiger partial charge in [-0.2, -0.15) is 0 Å². The topological polar surface area (TPSA) is 83.8 Å². The van der Waals surface area contributed by atoms with E-state index in [2.05, 4.69) is 25.3 Å². The SMILES string of the molecule is CC(O)CNc1nccnc1Cl.Clc1nccnc1Cl. The maximum atomic E-state index is 8.95. The van der Waals surface area contributed by atoms with Gasteiger partial charge < -0.3 is 10.4 Å². The van der Waals surface area contributed by atoms with Gasteiger partial charge in [-0.25, -0.2) is 19.9 Å². The molecule has 0 saturated carbocycles. The Morgan fingerprint density at radius 3 is 1.80 bits per heavy atom. The highest BCUT2D eigenvalue weighted by Gasteiger charge is 2.01. The molecule has 0 saturated heterocycles. The Hall–Kier alpha value is -1.21. The molecular formula is C11H12Cl3N5O. The van der Waals surface area contributed by atoms with Crippen molar-refractivity contribution in [2.45, 2.75) is 13.0 Å². The molecule has 0 aliphatic carbocycles. The first-order chi connectivity index (χ1) is 9.50. The molecule has 0 amide bonds. The van der Waals surface area contributed by atoms with Crippen LogP contribution in [0.15, 0.2) is 24.8 Å². The molecule has 0 bridgehead atoms. The van der Waals surface area contributed by atoms with E-state index in [1.165, 1.54) is 24.8 Å². The van der Waals surface area contributed by atoms with Crippen LogP contribution >= 0.6 is 34.8 Å². The van der Waals surface area contributed by atoms with E-state index >= 15 is 0 Å². The lowest BCUT2D eigenvalue weighted by Gasteiger charge is -2.07. The van der Waals surface area contributed by atoms with Gasteiger partial charge in [0.25, 0.3) is 0 Å². The van der Waals surface area contributed by atoms with Crippen molar-refractivity contribution in [2.75, 3.05) is 11.9 Å². The first-order valence-corrected chi connectivity index (χ1v) is 6.64. The largest absolute Gasteiger partial charge is 0.392 e. The fourth-order valence-corrected chi connectivity index (χ4v) is 1.37. The number of aliphatic hydroxyl groups is 1. The van der Waals surface area contributed by atoms with Crippen LogP contribution in [0.1, 0.15) is 6.92 Å². The molecule has 2 N–H and O–H groups in total. The number of hydrogen-bond acceptors (Lipinski definition) is 6. The van der Waals surface area contributed by atoms with Crippen molar-refractivity contribution >= 4 is 40.6 Å². The van der Waals surface area contributed by atoms with Gasteiger partial charge in [0.2, 0.25) is 0 Å². The first-order valence-electron chi connectivity index (χ1n) is 5.51. The van der Waals surface area contributed by atoms with Crippen LogP contribution in [0, 0.1) is 0 Å². The molecule has 9 heteroatoms. The van der Waals surface area contributed by atoms with Crippen LogP contribution in [0.25, 0.3) is 0 Å². The van der Waals surface area contributed by atoms with Crippen molar-refractivity contribution in [3.8, 4) is 0 Å². The number of nitrogens with one attached hydrogen (secondary N) is 1. The molecule has 2 heterocycles. The van der Waals surface area contributed by atoms with Crippen molar-refractivity contribution < 1.29 is 5.11 Å². The molecule has 0 radical (unpaired) electrons. The Kier molecular flexibility index (Phi) is 7.46. The van der Waals surface area contributed by atoms with Gasteiger partial charge in [-0.3, -0.25) is 0 Å². The van der Waals surface area contributed by atoms with E-state index in [1.54, 1.807) is 6.92 Å². The zero-order valence-corrected chi connectivity index (χ0v) is 12.7. The molecule has 20 heavy (non-hydrogen) atoms. The molecule has 2 rings (SSSR count). The van der Waals surface area contributed by atoms with E-state index in [9.17, 15) is 0 Å². The maximum absolute atomic E-state index is 8.95. The summed E-state index contributed by atoms with van der Waals surface area (Å²) in [6.45, 7) is 2.09. The van der Waals surface area contributed by atoms with Crippen LogP contribution in [-0.2, 0) is 0 Å². The van der Waals surface area contributed by atoms with E-state index in [1.807, 2.05) is 0 Å². The van der Waals surface area contributed by atoms with Crippen LogP contribution in [0.5, 0.6) is 0 Å². The summed E-state index contributed by atoms with van der Waals surface area (Å²) in [4.78, 5) is 15.0. The second-order valence-corrected chi connectivity index (χ2v) is 4.64. The van der Waals surface area contributed by atoms with Gasteiger partial charge in [0.05, 0.1) is 6.10 Å². The van der Waals surface area contributed by atoms with Crippen LogP contribution in [0.2, 0.25) is 15.5 Å². The van der Waals surface area contributed by atoms with Gasteiger partial charge in [0.1, 0.15) is 0 Å². The van der Waals surface area contributed by atoms with E-state index in [0.717, 1.165) is 0 Å². The number of halogens is 3. The molecule has 0 aliphatic rings. The van der Waals surface area contributed by atoms with Crippen LogP contribution in [0.4, 0.5) is 5.82 Å². The summed E-state index contributed by atoms with van der Waals surface area (Å²) < 4.78 is 0. The molecule has 2 aromatic rings. The average molecular weight is 337 g/mol. The molecule has 1 unspecified atom stereocenters. The van der Waals surface area contributed by atoms with E-state index < -0.39 is 6.10 Å². The second kappa shape index (κ2) is 8.86. The fraction of sp³-hybridized carbons (Fsp3) is 0.273. The number of hydrogen-bond donors (Lipinski definition) is 2. The third-order valence-corrected chi connectivity index (χ3v) is 2.76. The quantitative estimate of drug-likeness (QED) is 0.896. The molecule has 0 aromatic carbocycles. The van der Waals surface area contributed by atoms with Crippen molar-refractivity contribution in [1.29, 1.82) is 0 Å². The highest BCUT2D eigenvalue weighted by molar-refractivity contribution is 6.40. The summed E-state index contributed by atoms with van der Waals surface area (Å²) in [5.74, 6) is 0.500. The Morgan fingerprint density at radius 1 is 0.950 bits per heavy atom. The predicted molar refractivity (Wildman–Crippen MR) is 79.3 cm³/mol. The summed E-state index contributed by atoms with van der Waals surface area (Å²) in [5, 5.41) is 12.6. The fourth-order valence-electron chi connectivity index (χ4n) is 0.988. The van der Waals surface area contributed by atoms with Crippen molar-refractivity contribution in [1.82, 2.24) is 19.9 Å². The van der Waals surface area contributed by atoms with Crippen molar-refractivity contribution in [2.24, 2.45) is 0 Å². The third kappa shape index (κ3) is 6.29. The van der Waals surface area contributed by atoms with E-state index in [0.29, 0.717) is 17.5 Å². The normalized spacial score (nSPS) is 11.2. The van der Waals surface area contributed by atoms with Crippen LogP contribution < -0.4 is 5.32 Å². The van der Waals surface area contributed by atoms with Crippen LogP contribution in [0.3, 0.4) is 0 Å². The van der Waals surface area contributed by atoms with E-state index in [4.69, 9.17) is 39.9 Å². The number of rotatable bonds is 3. The molecule has 1 atom stereocenters. The van der Waals surface area contributed by atoms with Crippen LogP contribution in [-0.4, -0.2) is 37.7 Å². The van der Waals surface area contributed by atoms with Gasteiger partial charge >= 0.3 is 0 Å². The molecule has 2 aromatic heterocycles. The molecule has 0 fully saturated rings. The smallest absolute Gasteiger partial charge is 0.171 e. The Bertz CT molecular complexity index is 520. The second-order valence-electron chi connectivity index (χ2n) is 3.56. The number of aliphatic hydroxyl groups excluding tert-OH is 1.